The summed E-state index contributed by atoms with van der Waals surface area (Å²) in [5.74, 6) is -0.843. The number of likely N-dealkylation sites (N-methyl/N-ethyl adjacent to an activating group) is 1. The van der Waals surface area contributed by atoms with E-state index in [0.717, 1.165) is 11.4 Å². The highest BCUT2D eigenvalue weighted by Crippen LogP contribution is 2.15. The summed E-state index contributed by atoms with van der Waals surface area (Å²) in [4.78, 5) is 25.0. The van der Waals surface area contributed by atoms with E-state index in [0.29, 0.717) is 0 Å². The van der Waals surface area contributed by atoms with Crippen LogP contribution in [0, 0.1) is 6.92 Å². The maximum absolute atomic E-state index is 12.0. The predicted molar refractivity (Wildman–Crippen MR) is 71.6 cm³/mol. The van der Waals surface area contributed by atoms with Crippen LogP contribution in [0.4, 0.5) is 0 Å². The van der Waals surface area contributed by atoms with Gasteiger partial charge in [0, 0.05) is 25.5 Å². The first-order valence-corrected chi connectivity index (χ1v) is 5.80. The quantitative estimate of drug-likeness (QED) is 0.458. The van der Waals surface area contributed by atoms with E-state index in [2.05, 4.69) is 5.32 Å². The maximum Gasteiger partial charge on any atom is 0.265 e. The lowest BCUT2D eigenvalue weighted by Gasteiger charge is -2.25. The van der Waals surface area contributed by atoms with Gasteiger partial charge in [0.1, 0.15) is 5.57 Å². The third kappa shape index (κ3) is 1.95. The Morgan fingerprint density at radius 1 is 1.28 bits per heavy atom. The molecule has 0 unspecified atom stereocenters. The van der Waals surface area contributed by atoms with Crippen molar-refractivity contribution in [1.82, 2.24) is 14.8 Å². The number of nitrogens with one attached hydrogen (secondary N) is 1. The molecule has 18 heavy (non-hydrogen) atoms. The highest BCUT2D eigenvalue weighted by atomic mass is 32.1. The second-order valence-corrected chi connectivity index (χ2v) is 4.53. The Hall–Kier alpha value is -1.95. The minimum absolute atomic E-state index is 0.0901. The number of carbonyl (C=O) groups is 2. The first-order valence-electron chi connectivity index (χ1n) is 5.39. The Bertz CT molecular complexity index is 586. The topological polar surface area (TPSA) is 54.3 Å². The fraction of sp³-hybridized carbons (Fsp3) is 0.250. The van der Waals surface area contributed by atoms with Gasteiger partial charge in [-0.05, 0) is 37.4 Å². The summed E-state index contributed by atoms with van der Waals surface area (Å²) < 4.78 is 1.90. The SMILES string of the molecule is Cc1ccc(/C=C2\C(=O)NC(=S)N(C)C2=O)n1C. The summed E-state index contributed by atoms with van der Waals surface area (Å²) in [6.07, 6.45) is 1.57. The number of hydrogen-bond acceptors (Lipinski definition) is 3. The van der Waals surface area contributed by atoms with E-state index in [4.69, 9.17) is 12.2 Å². The van der Waals surface area contributed by atoms with E-state index in [9.17, 15) is 9.59 Å². The van der Waals surface area contributed by atoms with Crippen LogP contribution >= 0.6 is 12.2 Å². The Morgan fingerprint density at radius 3 is 2.50 bits per heavy atom. The van der Waals surface area contributed by atoms with E-state index in [1.165, 1.54) is 11.9 Å². The first-order chi connectivity index (χ1) is 8.41. The van der Waals surface area contributed by atoms with Crippen molar-refractivity contribution in [3.05, 3.63) is 29.1 Å². The molecule has 1 fully saturated rings. The summed E-state index contributed by atoms with van der Waals surface area (Å²) in [6, 6.07) is 3.78. The van der Waals surface area contributed by atoms with Crippen molar-refractivity contribution in [3.63, 3.8) is 0 Å². The Morgan fingerprint density at radius 2 is 1.94 bits per heavy atom. The van der Waals surface area contributed by atoms with Crippen molar-refractivity contribution in [1.29, 1.82) is 0 Å². The number of nitrogens with zero attached hydrogens (tertiary/aromatic N) is 2. The number of aryl methyl sites for hydroxylation is 1. The molecule has 5 nitrogen and oxygen atoms in total. The number of carbonyl (C=O) groups excluding carboxylic acids is 2. The van der Waals surface area contributed by atoms with E-state index < -0.39 is 5.91 Å². The Balaban J connectivity index is 2.43. The molecule has 0 atom stereocenters. The zero-order chi connectivity index (χ0) is 13.4. The van der Waals surface area contributed by atoms with Crippen molar-refractivity contribution in [2.24, 2.45) is 7.05 Å². The van der Waals surface area contributed by atoms with E-state index >= 15 is 0 Å². The predicted octanol–water partition coefficient (Wildman–Crippen LogP) is 0.590. The lowest BCUT2D eigenvalue weighted by molar-refractivity contribution is -0.128. The molecule has 2 heterocycles. The largest absolute Gasteiger partial charge is 0.348 e. The Kier molecular flexibility index (Phi) is 3.04. The van der Waals surface area contributed by atoms with Crippen molar-refractivity contribution < 1.29 is 9.59 Å². The van der Waals surface area contributed by atoms with Gasteiger partial charge in [-0.15, -0.1) is 0 Å². The molecule has 2 rings (SSSR count). The molecule has 1 aliphatic rings. The standard InChI is InChI=1S/C12H13N3O2S/c1-7-4-5-8(14(7)2)6-9-10(16)13-12(18)15(3)11(9)17/h4-6H,1-3H3,(H,13,16,18)/b9-6+. The van der Waals surface area contributed by atoms with Gasteiger partial charge < -0.3 is 4.57 Å². The van der Waals surface area contributed by atoms with Crippen LogP contribution in [-0.2, 0) is 16.6 Å². The number of hydrogen-bond donors (Lipinski definition) is 1. The van der Waals surface area contributed by atoms with Crippen molar-refractivity contribution in [3.8, 4) is 0 Å². The fourth-order valence-corrected chi connectivity index (χ4v) is 1.85. The molecule has 1 aliphatic heterocycles. The zero-order valence-corrected chi connectivity index (χ0v) is 11.2. The summed E-state index contributed by atoms with van der Waals surface area (Å²) in [6.45, 7) is 1.95. The maximum atomic E-state index is 12.0. The number of aromatic nitrogens is 1. The van der Waals surface area contributed by atoms with Gasteiger partial charge in [0.25, 0.3) is 11.8 Å². The second-order valence-electron chi connectivity index (χ2n) is 4.14. The van der Waals surface area contributed by atoms with Crippen LogP contribution in [0.3, 0.4) is 0 Å². The molecule has 0 saturated carbocycles. The average molecular weight is 263 g/mol. The van der Waals surface area contributed by atoms with Gasteiger partial charge >= 0.3 is 0 Å². The van der Waals surface area contributed by atoms with Gasteiger partial charge in [-0.2, -0.15) is 0 Å². The lowest BCUT2D eigenvalue weighted by Crippen LogP contribution is -2.52. The molecule has 94 valence electrons. The minimum Gasteiger partial charge on any atom is -0.348 e. The van der Waals surface area contributed by atoms with Gasteiger partial charge in [-0.25, -0.2) is 0 Å². The van der Waals surface area contributed by atoms with Crippen LogP contribution < -0.4 is 5.32 Å². The average Bonchev–Trinajstić information content (AvgIpc) is 2.63. The molecule has 2 amide bonds. The molecular weight excluding hydrogens is 250 g/mol. The molecule has 1 aromatic rings. The van der Waals surface area contributed by atoms with Crippen LogP contribution in [0.5, 0.6) is 0 Å². The lowest BCUT2D eigenvalue weighted by atomic mass is 10.1. The van der Waals surface area contributed by atoms with Gasteiger partial charge in [-0.1, -0.05) is 0 Å². The van der Waals surface area contributed by atoms with Gasteiger partial charge in [0.15, 0.2) is 5.11 Å². The molecule has 1 saturated heterocycles. The highest BCUT2D eigenvalue weighted by molar-refractivity contribution is 7.80. The van der Waals surface area contributed by atoms with E-state index in [1.54, 1.807) is 6.08 Å². The molecule has 0 radical (unpaired) electrons. The smallest absolute Gasteiger partial charge is 0.265 e. The van der Waals surface area contributed by atoms with Crippen LogP contribution in [-0.4, -0.2) is 33.4 Å². The van der Waals surface area contributed by atoms with Gasteiger partial charge in [0.05, 0.1) is 0 Å². The molecule has 0 bridgehead atoms. The molecule has 0 aromatic carbocycles. The Labute approximate surface area is 110 Å². The molecule has 1 N–H and O–H groups in total. The van der Waals surface area contributed by atoms with Crippen LogP contribution in [0.25, 0.3) is 6.08 Å². The van der Waals surface area contributed by atoms with Gasteiger partial charge in [0.2, 0.25) is 0 Å². The number of rotatable bonds is 1. The normalized spacial score (nSPS) is 18.5. The third-order valence-corrected chi connectivity index (χ3v) is 3.38. The van der Waals surface area contributed by atoms with Crippen LogP contribution in [0.2, 0.25) is 0 Å². The summed E-state index contributed by atoms with van der Waals surface area (Å²) in [7, 11) is 3.41. The minimum atomic E-state index is -0.457. The highest BCUT2D eigenvalue weighted by Gasteiger charge is 2.30. The fourth-order valence-electron chi connectivity index (χ4n) is 1.67. The van der Waals surface area contributed by atoms with E-state index in [-0.39, 0.29) is 16.6 Å². The van der Waals surface area contributed by atoms with Crippen molar-refractivity contribution in [2.75, 3.05) is 7.05 Å². The van der Waals surface area contributed by atoms with Crippen molar-refractivity contribution in [2.45, 2.75) is 6.92 Å². The second kappa shape index (κ2) is 4.38. The summed E-state index contributed by atoms with van der Waals surface area (Å²) >= 11 is 4.87. The number of thiocarbonyl (C=S) groups is 1. The monoisotopic (exact) mass is 263 g/mol. The first kappa shape index (κ1) is 12.5. The molecule has 1 aromatic heterocycles. The summed E-state index contributed by atoms with van der Waals surface area (Å²) in [5.41, 5.74) is 1.94. The third-order valence-electron chi connectivity index (χ3n) is 3.01. The zero-order valence-electron chi connectivity index (χ0n) is 10.4. The van der Waals surface area contributed by atoms with Gasteiger partial charge in [-0.3, -0.25) is 19.8 Å². The van der Waals surface area contributed by atoms with Crippen LogP contribution in [0.1, 0.15) is 11.4 Å². The summed E-state index contributed by atoms with van der Waals surface area (Å²) in [5, 5.41) is 2.61. The van der Waals surface area contributed by atoms with Crippen LogP contribution in [0.15, 0.2) is 17.7 Å². The van der Waals surface area contributed by atoms with E-state index in [1.807, 2.05) is 30.7 Å². The number of amides is 2. The molecule has 0 aliphatic carbocycles. The molecular formula is C12H13N3O2S. The van der Waals surface area contributed by atoms with Crippen molar-refractivity contribution >= 4 is 35.2 Å². The molecule has 6 heteroatoms. The molecule has 0 spiro atoms.